The number of aromatic nitrogens is 2. The Labute approximate surface area is 185 Å². The van der Waals surface area contributed by atoms with Crippen LogP contribution in [0.4, 0.5) is 0 Å². The Hall–Kier alpha value is -3.32. The van der Waals surface area contributed by atoms with Gasteiger partial charge in [-0.1, -0.05) is 29.8 Å². The van der Waals surface area contributed by atoms with E-state index in [1.54, 1.807) is 39.6 Å². The van der Waals surface area contributed by atoms with E-state index in [9.17, 15) is 9.59 Å². The van der Waals surface area contributed by atoms with Gasteiger partial charge in [0.05, 0.1) is 11.4 Å². The molecule has 0 bridgehead atoms. The van der Waals surface area contributed by atoms with Crippen LogP contribution in [0, 0.1) is 13.8 Å². The number of rotatable bonds is 4. The van der Waals surface area contributed by atoms with E-state index >= 15 is 0 Å². The van der Waals surface area contributed by atoms with Crippen LogP contribution < -0.4 is 0 Å². The molecule has 7 nitrogen and oxygen atoms in total. The predicted octanol–water partition coefficient (Wildman–Crippen LogP) is 3.73. The number of halogens is 1. The lowest BCUT2D eigenvalue weighted by Crippen LogP contribution is -2.50. The van der Waals surface area contributed by atoms with Crippen molar-refractivity contribution in [1.29, 1.82) is 0 Å². The third-order valence-corrected chi connectivity index (χ3v) is 5.63. The highest BCUT2D eigenvalue weighted by Crippen LogP contribution is 2.24. The quantitative estimate of drug-likeness (QED) is 0.582. The topological polar surface area (TPSA) is 71.6 Å². The number of carbonyl (C=O) groups is 2. The zero-order chi connectivity index (χ0) is 22.0. The van der Waals surface area contributed by atoms with Gasteiger partial charge in [0.2, 0.25) is 5.91 Å². The molecule has 1 aliphatic rings. The molecule has 3 heterocycles. The molecule has 1 aliphatic heterocycles. The van der Waals surface area contributed by atoms with Crippen LogP contribution >= 0.6 is 11.6 Å². The third-order valence-electron chi connectivity index (χ3n) is 5.27. The number of aryl methyl sites for hydroxylation is 2. The van der Waals surface area contributed by atoms with Crippen LogP contribution in [-0.2, 0) is 4.79 Å². The van der Waals surface area contributed by atoms with Crippen molar-refractivity contribution in [3.05, 3.63) is 76.5 Å². The number of piperazine rings is 1. The number of para-hydroxylation sites is 1. The zero-order valence-corrected chi connectivity index (χ0v) is 18.2. The van der Waals surface area contributed by atoms with Crippen molar-refractivity contribution >= 4 is 29.5 Å². The molecule has 8 heteroatoms. The molecule has 2 aromatic heterocycles. The molecule has 1 fully saturated rings. The van der Waals surface area contributed by atoms with Crippen molar-refractivity contribution < 1.29 is 14.0 Å². The Balaban J connectivity index is 1.39. The van der Waals surface area contributed by atoms with Crippen LogP contribution in [0.15, 0.2) is 53.0 Å². The van der Waals surface area contributed by atoms with Crippen LogP contribution in [0.5, 0.6) is 0 Å². The number of benzene rings is 1. The summed E-state index contributed by atoms with van der Waals surface area (Å²) in [7, 11) is 0. The minimum atomic E-state index is -0.147. The molecule has 2 amide bonds. The molecule has 4 rings (SSSR count). The third kappa shape index (κ3) is 4.41. The number of hydrogen-bond acceptors (Lipinski definition) is 4. The second-order valence-electron chi connectivity index (χ2n) is 7.40. The lowest BCUT2D eigenvalue weighted by molar-refractivity contribution is -0.127. The summed E-state index contributed by atoms with van der Waals surface area (Å²) in [4.78, 5) is 28.6. The van der Waals surface area contributed by atoms with Gasteiger partial charge in [-0.05, 0) is 44.2 Å². The minimum absolute atomic E-state index is 0.121. The maximum Gasteiger partial charge on any atom is 0.289 e. The van der Waals surface area contributed by atoms with Gasteiger partial charge in [-0.15, -0.1) is 0 Å². The van der Waals surface area contributed by atoms with E-state index in [-0.39, 0.29) is 11.8 Å². The maximum absolute atomic E-state index is 12.7. The molecule has 1 saturated heterocycles. The van der Waals surface area contributed by atoms with Crippen LogP contribution in [0.25, 0.3) is 11.8 Å². The molecular weight excluding hydrogens is 416 g/mol. The van der Waals surface area contributed by atoms with E-state index in [1.807, 2.05) is 37.3 Å². The molecule has 0 atom stereocenters. The van der Waals surface area contributed by atoms with Gasteiger partial charge in [-0.3, -0.25) is 9.59 Å². The highest BCUT2D eigenvalue weighted by molar-refractivity contribution is 6.31. The van der Waals surface area contributed by atoms with Crippen molar-refractivity contribution in [3.8, 4) is 5.69 Å². The van der Waals surface area contributed by atoms with E-state index in [4.69, 9.17) is 16.0 Å². The normalized spacial score (nSPS) is 14.4. The lowest BCUT2D eigenvalue weighted by atomic mass is 10.2. The highest BCUT2D eigenvalue weighted by Gasteiger charge is 2.25. The number of carbonyl (C=O) groups excluding carboxylic acids is 2. The van der Waals surface area contributed by atoms with Gasteiger partial charge in [0.15, 0.2) is 5.76 Å². The Bertz CT molecular complexity index is 1130. The first-order chi connectivity index (χ1) is 14.9. The lowest BCUT2D eigenvalue weighted by Gasteiger charge is -2.33. The molecule has 0 spiro atoms. The second kappa shape index (κ2) is 8.81. The van der Waals surface area contributed by atoms with E-state index < -0.39 is 0 Å². The van der Waals surface area contributed by atoms with Gasteiger partial charge < -0.3 is 14.2 Å². The van der Waals surface area contributed by atoms with Crippen molar-refractivity contribution in [3.63, 3.8) is 0 Å². The first-order valence-corrected chi connectivity index (χ1v) is 10.4. The highest BCUT2D eigenvalue weighted by atomic mass is 35.5. The summed E-state index contributed by atoms with van der Waals surface area (Å²) in [6, 6.07) is 13.0. The predicted molar refractivity (Wildman–Crippen MR) is 118 cm³/mol. The fraction of sp³-hybridized carbons (Fsp3) is 0.261. The first-order valence-electron chi connectivity index (χ1n) is 10.1. The van der Waals surface area contributed by atoms with Crippen LogP contribution in [0.1, 0.15) is 27.6 Å². The number of hydrogen-bond donors (Lipinski definition) is 0. The fourth-order valence-corrected chi connectivity index (χ4v) is 3.87. The molecule has 0 unspecified atom stereocenters. The van der Waals surface area contributed by atoms with Crippen molar-refractivity contribution in [2.24, 2.45) is 0 Å². The van der Waals surface area contributed by atoms with Gasteiger partial charge in [0.25, 0.3) is 5.91 Å². The average molecular weight is 439 g/mol. The smallest absolute Gasteiger partial charge is 0.289 e. The molecule has 1 aromatic carbocycles. The summed E-state index contributed by atoms with van der Waals surface area (Å²) in [5.74, 6) is 0.764. The molecular formula is C23H23ClN4O3. The van der Waals surface area contributed by atoms with Gasteiger partial charge in [-0.25, -0.2) is 4.68 Å². The molecule has 160 valence electrons. The number of amides is 2. The minimum Gasteiger partial charge on any atom is -0.456 e. The Morgan fingerprint density at radius 2 is 1.68 bits per heavy atom. The summed E-state index contributed by atoms with van der Waals surface area (Å²) < 4.78 is 7.07. The summed E-state index contributed by atoms with van der Waals surface area (Å²) in [5.41, 5.74) is 2.30. The molecule has 3 aromatic rings. The van der Waals surface area contributed by atoms with Gasteiger partial charge in [0, 0.05) is 37.8 Å². The Morgan fingerprint density at radius 1 is 1.00 bits per heavy atom. The van der Waals surface area contributed by atoms with Crippen molar-refractivity contribution in [2.75, 3.05) is 26.2 Å². The Kier molecular flexibility index (Phi) is 5.95. The largest absolute Gasteiger partial charge is 0.456 e. The van der Waals surface area contributed by atoms with Gasteiger partial charge >= 0.3 is 0 Å². The number of furan rings is 1. The monoisotopic (exact) mass is 438 g/mol. The molecule has 0 aliphatic carbocycles. The summed E-state index contributed by atoms with van der Waals surface area (Å²) >= 11 is 6.52. The summed E-state index contributed by atoms with van der Waals surface area (Å²) in [6.45, 7) is 5.51. The molecule has 0 radical (unpaired) electrons. The van der Waals surface area contributed by atoms with Crippen molar-refractivity contribution in [1.82, 2.24) is 19.6 Å². The molecule has 31 heavy (non-hydrogen) atoms. The second-order valence-corrected chi connectivity index (χ2v) is 7.76. The maximum atomic E-state index is 12.7. The van der Waals surface area contributed by atoms with Gasteiger partial charge in [-0.2, -0.15) is 5.10 Å². The van der Waals surface area contributed by atoms with Crippen LogP contribution in [0.2, 0.25) is 5.15 Å². The summed E-state index contributed by atoms with van der Waals surface area (Å²) in [5, 5.41) is 4.94. The first kappa shape index (κ1) is 20.9. The van der Waals surface area contributed by atoms with Crippen LogP contribution in [0.3, 0.4) is 0 Å². The van der Waals surface area contributed by atoms with E-state index in [0.717, 1.165) is 11.4 Å². The Morgan fingerprint density at radius 3 is 2.32 bits per heavy atom. The average Bonchev–Trinajstić information content (AvgIpc) is 3.35. The van der Waals surface area contributed by atoms with Gasteiger partial charge in [0.1, 0.15) is 10.9 Å². The van der Waals surface area contributed by atoms with E-state index in [0.29, 0.717) is 48.4 Å². The SMILES string of the molecule is Cc1ccc(C(=O)N2CCN(C(=O)C=Cc3c(C)nn(-c4ccccc4)c3Cl)CC2)o1. The summed E-state index contributed by atoms with van der Waals surface area (Å²) in [6.07, 6.45) is 3.22. The zero-order valence-electron chi connectivity index (χ0n) is 17.4. The molecule has 0 N–H and O–H groups in total. The number of nitrogens with zero attached hydrogens (tertiary/aromatic N) is 4. The van der Waals surface area contributed by atoms with Crippen LogP contribution in [-0.4, -0.2) is 57.6 Å². The van der Waals surface area contributed by atoms with E-state index in [2.05, 4.69) is 5.10 Å². The molecule has 0 saturated carbocycles. The van der Waals surface area contributed by atoms with Crippen molar-refractivity contribution in [2.45, 2.75) is 13.8 Å². The standard InChI is InChI=1S/C23H23ClN4O3/c1-16-8-10-20(31-16)23(30)27-14-12-26(13-15-27)21(29)11-9-19-17(2)25-28(22(19)24)18-6-4-3-5-7-18/h3-11H,12-15H2,1-2H3. The fourth-order valence-electron chi connectivity index (χ4n) is 3.54. The van der Waals surface area contributed by atoms with E-state index in [1.165, 1.54) is 6.08 Å².